The molecular weight excluding hydrogens is 356 g/mol. The number of thiophene rings is 1. The zero-order chi connectivity index (χ0) is 14.1. The van der Waals surface area contributed by atoms with Crippen molar-refractivity contribution >= 4 is 49.9 Å². The molecule has 0 spiro atoms. The van der Waals surface area contributed by atoms with Gasteiger partial charge in [-0.3, -0.25) is 0 Å². The standard InChI is InChI=1S/C15H14BrClN2S/c1-2-10-5-6-20-14(10)9-19-13-7-11(16)3-4-12(13)18-15(19)8-17/h3-7H,2,8-9H2,1H3. The number of imidazole rings is 1. The lowest BCUT2D eigenvalue weighted by Gasteiger charge is -2.08. The van der Waals surface area contributed by atoms with Gasteiger partial charge in [-0.1, -0.05) is 22.9 Å². The van der Waals surface area contributed by atoms with Crippen molar-refractivity contribution in [2.45, 2.75) is 25.8 Å². The van der Waals surface area contributed by atoms with Gasteiger partial charge in [-0.05, 0) is 41.6 Å². The Hall–Kier alpha value is -0.840. The van der Waals surface area contributed by atoms with Crippen molar-refractivity contribution in [2.75, 3.05) is 0 Å². The molecule has 0 saturated carbocycles. The van der Waals surface area contributed by atoms with E-state index in [2.05, 4.69) is 49.9 Å². The molecule has 20 heavy (non-hydrogen) atoms. The topological polar surface area (TPSA) is 17.8 Å². The molecule has 3 aromatic rings. The Morgan fingerprint density at radius 2 is 2.20 bits per heavy atom. The van der Waals surface area contributed by atoms with Crippen LogP contribution in [0.15, 0.2) is 34.1 Å². The zero-order valence-electron chi connectivity index (χ0n) is 11.1. The Kier molecular flexibility index (Phi) is 4.15. The van der Waals surface area contributed by atoms with E-state index in [4.69, 9.17) is 11.6 Å². The van der Waals surface area contributed by atoms with Crippen LogP contribution in [0, 0.1) is 0 Å². The summed E-state index contributed by atoms with van der Waals surface area (Å²) in [5, 5.41) is 2.16. The lowest BCUT2D eigenvalue weighted by molar-refractivity contribution is 0.782. The number of aromatic nitrogens is 2. The Morgan fingerprint density at radius 1 is 1.35 bits per heavy atom. The van der Waals surface area contributed by atoms with Gasteiger partial charge in [0.25, 0.3) is 0 Å². The Balaban J connectivity index is 2.11. The quantitative estimate of drug-likeness (QED) is 0.577. The first-order chi connectivity index (χ1) is 9.72. The molecule has 0 fully saturated rings. The molecule has 0 amide bonds. The van der Waals surface area contributed by atoms with Crippen LogP contribution in [0.2, 0.25) is 0 Å². The third-order valence-electron chi connectivity index (χ3n) is 3.43. The number of halogens is 2. The monoisotopic (exact) mass is 368 g/mol. The van der Waals surface area contributed by atoms with E-state index in [1.165, 1.54) is 10.4 Å². The second-order valence-electron chi connectivity index (χ2n) is 4.60. The number of fused-ring (bicyclic) bond motifs is 1. The number of hydrogen-bond acceptors (Lipinski definition) is 2. The normalized spacial score (nSPS) is 11.3. The minimum atomic E-state index is 0.430. The summed E-state index contributed by atoms with van der Waals surface area (Å²) in [6.45, 7) is 3.03. The van der Waals surface area contributed by atoms with Crippen molar-refractivity contribution in [3.63, 3.8) is 0 Å². The highest BCUT2D eigenvalue weighted by atomic mass is 79.9. The summed E-state index contributed by atoms with van der Waals surface area (Å²) in [4.78, 5) is 6.01. The summed E-state index contributed by atoms with van der Waals surface area (Å²) in [5.74, 6) is 1.36. The van der Waals surface area contributed by atoms with Crippen LogP contribution in [-0.2, 0) is 18.8 Å². The third-order valence-corrected chi connectivity index (χ3v) is 5.11. The van der Waals surface area contributed by atoms with E-state index in [0.29, 0.717) is 5.88 Å². The van der Waals surface area contributed by atoms with E-state index < -0.39 is 0 Å². The molecule has 0 aliphatic heterocycles. The molecule has 2 nitrogen and oxygen atoms in total. The van der Waals surface area contributed by atoms with Gasteiger partial charge in [0.1, 0.15) is 5.82 Å². The predicted molar refractivity (Wildman–Crippen MR) is 89.8 cm³/mol. The van der Waals surface area contributed by atoms with Crippen LogP contribution in [0.3, 0.4) is 0 Å². The van der Waals surface area contributed by atoms with Crippen molar-refractivity contribution < 1.29 is 0 Å². The molecule has 104 valence electrons. The van der Waals surface area contributed by atoms with Gasteiger partial charge in [0.05, 0.1) is 23.5 Å². The Bertz CT molecular complexity index is 747. The van der Waals surface area contributed by atoms with Crippen LogP contribution in [0.1, 0.15) is 23.2 Å². The minimum Gasteiger partial charge on any atom is -0.322 e. The fourth-order valence-corrected chi connectivity index (χ4v) is 3.91. The summed E-state index contributed by atoms with van der Waals surface area (Å²) >= 11 is 11.4. The second-order valence-corrected chi connectivity index (χ2v) is 6.79. The molecule has 0 atom stereocenters. The summed E-state index contributed by atoms with van der Waals surface area (Å²) in [6, 6.07) is 8.36. The first-order valence-electron chi connectivity index (χ1n) is 6.48. The van der Waals surface area contributed by atoms with Crippen molar-refractivity contribution in [3.8, 4) is 0 Å². The van der Waals surface area contributed by atoms with Gasteiger partial charge in [-0.2, -0.15) is 0 Å². The van der Waals surface area contributed by atoms with Gasteiger partial charge in [-0.25, -0.2) is 4.98 Å². The maximum absolute atomic E-state index is 6.07. The van der Waals surface area contributed by atoms with Crippen molar-refractivity contribution in [3.05, 3.63) is 50.4 Å². The van der Waals surface area contributed by atoms with E-state index in [-0.39, 0.29) is 0 Å². The SMILES string of the molecule is CCc1ccsc1Cn1c(CCl)nc2ccc(Br)cc21. The van der Waals surface area contributed by atoms with Crippen molar-refractivity contribution in [2.24, 2.45) is 0 Å². The first-order valence-corrected chi connectivity index (χ1v) is 8.69. The number of aryl methyl sites for hydroxylation is 1. The molecule has 3 rings (SSSR count). The van der Waals surface area contributed by atoms with Crippen molar-refractivity contribution in [1.82, 2.24) is 9.55 Å². The molecule has 0 aliphatic carbocycles. The molecule has 0 unspecified atom stereocenters. The summed E-state index contributed by atoms with van der Waals surface area (Å²) in [6.07, 6.45) is 1.06. The summed E-state index contributed by atoms with van der Waals surface area (Å²) < 4.78 is 3.28. The van der Waals surface area contributed by atoms with Crippen LogP contribution in [0.4, 0.5) is 0 Å². The van der Waals surface area contributed by atoms with E-state index in [0.717, 1.165) is 34.3 Å². The molecule has 0 N–H and O–H groups in total. The van der Waals surface area contributed by atoms with Crippen LogP contribution < -0.4 is 0 Å². The van der Waals surface area contributed by atoms with Crippen molar-refractivity contribution in [1.29, 1.82) is 0 Å². The molecule has 2 heterocycles. The maximum Gasteiger partial charge on any atom is 0.125 e. The fourth-order valence-electron chi connectivity index (χ4n) is 2.39. The number of alkyl halides is 1. The number of rotatable bonds is 4. The highest BCUT2D eigenvalue weighted by Crippen LogP contribution is 2.26. The number of benzene rings is 1. The lowest BCUT2D eigenvalue weighted by Crippen LogP contribution is -2.04. The van der Waals surface area contributed by atoms with Gasteiger partial charge >= 0.3 is 0 Å². The van der Waals surface area contributed by atoms with Gasteiger partial charge in [0, 0.05) is 9.35 Å². The summed E-state index contributed by atoms with van der Waals surface area (Å²) in [5.41, 5.74) is 3.54. The average Bonchev–Trinajstić information content (AvgIpc) is 3.04. The van der Waals surface area contributed by atoms with Gasteiger partial charge in [-0.15, -0.1) is 22.9 Å². The summed E-state index contributed by atoms with van der Waals surface area (Å²) in [7, 11) is 0. The van der Waals surface area contributed by atoms with E-state index in [9.17, 15) is 0 Å². The van der Waals surface area contributed by atoms with Gasteiger partial charge < -0.3 is 4.57 Å². The molecule has 0 radical (unpaired) electrons. The average molecular weight is 370 g/mol. The van der Waals surface area contributed by atoms with E-state index in [1.807, 2.05) is 12.1 Å². The highest BCUT2D eigenvalue weighted by molar-refractivity contribution is 9.10. The predicted octanol–water partition coefficient (Wildman–Crippen LogP) is 5.21. The van der Waals surface area contributed by atoms with Crippen LogP contribution >= 0.6 is 38.9 Å². The third kappa shape index (κ3) is 2.52. The molecule has 2 aromatic heterocycles. The molecule has 5 heteroatoms. The first kappa shape index (κ1) is 14.1. The second kappa shape index (κ2) is 5.88. The number of hydrogen-bond donors (Lipinski definition) is 0. The zero-order valence-corrected chi connectivity index (χ0v) is 14.2. The molecule has 0 saturated heterocycles. The Labute approximate surface area is 135 Å². The molecular formula is C15H14BrClN2S. The fraction of sp³-hybridized carbons (Fsp3) is 0.267. The van der Waals surface area contributed by atoms with Crippen LogP contribution in [-0.4, -0.2) is 9.55 Å². The van der Waals surface area contributed by atoms with Crippen LogP contribution in [0.25, 0.3) is 11.0 Å². The van der Waals surface area contributed by atoms with E-state index >= 15 is 0 Å². The largest absolute Gasteiger partial charge is 0.322 e. The maximum atomic E-state index is 6.07. The number of nitrogens with zero attached hydrogens (tertiary/aromatic N) is 2. The molecule has 0 aliphatic rings. The highest BCUT2D eigenvalue weighted by Gasteiger charge is 2.12. The smallest absolute Gasteiger partial charge is 0.125 e. The van der Waals surface area contributed by atoms with Gasteiger partial charge in [0.2, 0.25) is 0 Å². The lowest BCUT2D eigenvalue weighted by atomic mass is 10.2. The van der Waals surface area contributed by atoms with Gasteiger partial charge in [0.15, 0.2) is 0 Å². The minimum absolute atomic E-state index is 0.430. The van der Waals surface area contributed by atoms with Crippen LogP contribution in [0.5, 0.6) is 0 Å². The Morgan fingerprint density at radius 3 is 2.95 bits per heavy atom. The molecule has 1 aromatic carbocycles. The van der Waals surface area contributed by atoms with E-state index in [1.54, 1.807) is 11.3 Å². The molecule has 0 bridgehead atoms.